The van der Waals surface area contributed by atoms with Crippen LogP contribution in [0.1, 0.15) is 59.8 Å². The van der Waals surface area contributed by atoms with Gasteiger partial charge < -0.3 is 9.84 Å². The van der Waals surface area contributed by atoms with Crippen molar-refractivity contribution in [3.63, 3.8) is 0 Å². The summed E-state index contributed by atoms with van der Waals surface area (Å²) in [5.74, 6) is -1.99. The van der Waals surface area contributed by atoms with E-state index < -0.39 is 23.9 Å². The summed E-state index contributed by atoms with van der Waals surface area (Å²) < 4.78 is 45.9. The van der Waals surface area contributed by atoms with Crippen molar-refractivity contribution in [2.75, 3.05) is 6.61 Å². The number of rotatable bonds is 7. The molecule has 2 heterocycles. The highest BCUT2D eigenvalue weighted by Gasteiger charge is 2.37. The fourth-order valence-corrected chi connectivity index (χ4v) is 3.78. The van der Waals surface area contributed by atoms with Crippen molar-refractivity contribution in [1.29, 1.82) is 0 Å². The van der Waals surface area contributed by atoms with Gasteiger partial charge in [0.1, 0.15) is 0 Å². The Balaban J connectivity index is 2.19. The van der Waals surface area contributed by atoms with E-state index in [-0.39, 0.29) is 25.3 Å². The third kappa shape index (κ3) is 4.56. The molecule has 1 N–H and O–H groups in total. The number of esters is 1. The van der Waals surface area contributed by atoms with E-state index in [9.17, 15) is 23.1 Å². The van der Waals surface area contributed by atoms with E-state index in [0.717, 1.165) is 15.5 Å². The number of carbonyl (C=O) groups excluding carboxylic acids is 1. The molecule has 3 aromatic rings. The predicted octanol–water partition coefficient (Wildman–Crippen LogP) is 4.20. The molecule has 31 heavy (non-hydrogen) atoms. The largest absolute Gasteiger partial charge is 0.466 e. The number of alkyl halides is 3. The summed E-state index contributed by atoms with van der Waals surface area (Å²) in [6.45, 7) is 5.45. The number of fused-ring (bicyclic) bond motifs is 1. The van der Waals surface area contributed by atoms with E-state index in [1.807, 2.05) is 32.0 Å². The van der Waals surface area contributed by atoms with Gasteiger partial charge in [0.15, 0.2) is 5.65 Å². The number of benzene rings is 1. The van der Waals surface area contributed by atoms with Crippen LogP contribution >= 0.6 is 0 Å². The van der Waals surface area contributed by atoms with Gasteiger partial charge in [-0.25, -0.2) is 0 Å². The molecule has 6 nitrogen and oxygen atoms in total. The number of hydrogen-bond acceptors (Lipinski definition) is 5. The van der Waals surface area contributed by atoms with Gasteiger partial charge in [0.2, 0.25) is 5.82 Å². The van der Waals surface area contributed by atoms with Gasteiger partial charge in [0.25, 0.3) is 0 Å². The third-order valence-electron chi connectivity index (χ3n) is 5.32. The molecule has 0 spiro atoms. The standard InChI is InChI=1S/C22H24F3N3O3/c1-4-16-17(8-9-28-20(16)26-27-21(28)22(23,24)25)18(11-19(30)31-5-2)14-7-6-13(3)15(10-14)12-29/h6-10,18,29H,4-5,11-12H2,1-3H3. The summed E-state index contributed by atoms with van der Waals surface area (Å²) in [7, 11) is 0. The quantitative estimate of drug-likeness (QED) is 0.563. The molecule has 0 aliphatic rings. The van der Waals surface area contributed by atoms with Crippen LogP contribution in [-0.4, -0.2) is 32.3 Å². The molecule has 9 heteroatoms. The van der Waals surface area contributed by atoms with Crippen LogP contribution in [0.25, 0.3) is 5.65 Å². The van der Waals surface area contributed by atoms with Crippen molar-refractivity contribution in [1.82, 2.24) is 14.6 Å². The molecule has 0 fully saturated rings. The number of hydrogen-bond donors (Lipinski definition) is 1. The summed E-state index contributed by atoms with van der Waals surface area (Å²) in [6.07, 6.45) is -2.95. The maximum absolute atomic E-state index is 13.3. The van der Waals surface area contributed by atoms with Crippen molar-refractivity contribution in [3.8, 4) is 0 Å². The molecule has 0 saturated heterocycles. The lowest BCUT2D eigenvalue weighted by Crippen LogP contribution is -2.15. The Bertz CT molecular complexity index is 1090. The Hall–Kier alpha value is -2.94. The van der Waals surface area contributed by atoms with E-state index in [0.29, 0.717) is 23.1 Å². The molecule has 0 aliphatic heterocycles. The molecule has 0 bridgehead atoms. The van der Waals surface area contributed by atoms with Gasteiger partial charge in [-0.05, 0) is 48.6 Å². The molecule has 166 valence electrons. The molecule has 0 radical (unpaired) electrons. The van der Waals surface area contributed by atoms with Gasteiger partial charge in [-0.2, -0.15) is 13.2 Å². The van der Waals surface area contributed by atoms with Gasteiger partial charge in [-0.1, -0.05) is 25.1 Å². The van der Waals surface area contributed by atoms with E-state index in [1.165, 1.54) is 6.20 Å². The van der Waals surface area contributed by atoms with Gasteiger partial charge in [0.05, 0.1) is 19.6 Å². The van der Waals surface area contributed by atoms with Crippen molar-refractivity contribution in [2.45, 2.75) is 52.3 Å². The predicted molar refractivity (Wildman–Crippen MR) is 108 cm³/mol. The first-order valence-electron chi connectivity index (χ1n) is 10.0. The van der Waals surface area contributed by atoms with Crippen LogP contribution in [0.3, 0.4) is 0 Å². The molecular formula is C22H24F3N3O3. The molecule has 0 saturated carbocycles. The third-order valence-corrected chi connectivity index (χ3v) is 5.32. The molecule has 2 aromatic heterocycles. The zero-order chi connectivity index (χ0) is 22.8. The number of pyridine rings is 1. The van der Waals surface area contributed by atoms with Gasteiger partial charge in [-0.15, -0.1) is 10.2 Å². The number of aryl methyl sites for hydroxylation is 2. The highest BCUT2D eigenvalue weighted by atomic mass is 19.4. The normalized spacial score (nSPS) is 12.9. The first-order chi connectivity index (χ1) is 14.7. The van der Waals surface area contributed by atoms with E-state index in [1.54, 1.807) is 13.0 Å². The van der Waals surface area contributed by atoms with Crippen molar-refractivity contribution < 1.29 is 27.8 Å². The molecule has 1 unspecified atom stereocenters. The molecule has 1 aromatic carbocycles. The summed E-state index contributed by atoms with van der Waals surface area (Å²) in [5.41, 5.74) is 3.74. The summed E-state index contributed by atoms with van der Waals surface area (Å²) >= 11 is 0. The van der Waals surface area contributed by atoms with E-state index >= 15 is 0 Å². The van der Waals surface area contributed by atoms with Crippen LogP contribution in [0.5, 0.6) is 0 Å². The monoisotopic (exact) mass is 435 g/mol. The zero-order valence-corrected chi connectivity index (χ0v) is 17.5. The number of halogens is 3. The number of aromatic nitrogens is 3. The molecule has 0 aliphatic carbocycles. The molecule has 1 atom stereocenters. The van der Waals surface area contributed by atoms with Gasteiger partial charge in [0, 0.05) is 17.7 Å². The average molecular weight is 435 g/mol. The van der Waals surface area contributed by atoms with Crippen LogP contribution in [0.4, 0.5) is 13.2 Å². The Kier molecular flexibility index (Phi) is 6.64. The summed E-state index contributed by atoms with van der Waals surface area (Å²) in [5, 5.41) is 16.8. The summed E-state index contributed by atoms with van der Waals surface area (Å²) in [6, 6.07) is 7.09. The minimum atomic E-state index is -4.64. The number of nitrogens with zero attached hydrogens (tertiary/aromatic N) is 3. The number of aliphatic hydroxyl groups is 1. The Morgan fingerprint density at radius 1 is 1.23 bits per heavy atom. The first kappa shape index (κ1) is 22.7. The Morgan fingerprint density at radius 2 is 1.97 bits per heavy atom. The van der Waals surface area contributed by atoms with Crippen LogP contribution in [-0.2, 0) is 28.7 Å². The fourth-order valence-electron chi connectivity index (χ4n) is 3.78. The Labute approximate surface area is 177 Å². The molecular weight excluding hydrogens is 411 g/mol. The van der Waals surface area contributed by atoms with Crippen LogP contribution in [0.2, 0.25) is 0 Å². The van der Waals surface area contributed by atoms with Crippen LogP contribution < -0.4 is 0 Å². The smallest absolute Gasteiger partial charge is 0.452 e. The lowest BCUT2D eigenvalue weighted by atomic mass is 9.84. The number of aliphatic hydroxyl groups excluding tert-OH is 1. The Morgan fingerprint density at radius 3 is 2.58 bits per heavy atom. The van der Waals surface area contributed by atoms with Crippen molar-refractivity contribution in [3.05, 3.63) is 64.1 Å². The van der Waals surface area contributed by atoms with Gasteiger partial charge >= 0.3 is 12.1 Å². The lowest BCUT2D eigenvalue weighted by molar-refractivity contribution is -0.145. The fraction of sp³-hybridized carbons (Fsp3) is 0.409. The van der Waals surface area contributed by atoms with Crippen LogP contribution in [0, 0.1) is 6.92 Å². The summed E-state index contributed by atoms with van der Waals surface area (Å²) in [4.78, 5) is 12.4. The molecule has 3 rings (SSSR count). The minimum absolute atomic E-state index is 0.00517. The topological polar surface area (TPSA) is 76.7 Å². The van der Waals surface area contributed by atoms with Crippen molar-refractivity contribution in [2.24, 2.45) is 0 Å². The van der Waals surface area contributed by atoms with Crippen molar-refractivity contribution >= 4 is 11.6 Å². The SMILES string of the molecule is CCOC(=O)CC(c1ccc(C)c(CO)c1)c1ccn2c(C(F)(F)F)nnc2c1CC. The highest BCUT2D eigenvalue weighted by molar-refractivity contribution is 5.72. The lowest BCUT2D eigenvalue weighted by Gasteiger charge is -2.22. The van der Waals surface area contributed by atoms with Gasteiger partial charge in [-0.3, -0.25) is 9.20 Å². The molecule has 0 amide bonds. The number of ether oxygens (including phenoxy) is 1. The second-order valence-electron chi connectivity index (χ2n) is 7.22. The maximum atomic E-state index is 13.3. The van der Waals surface area contributed by atoms with Crippen LogP contribution in [0.15, 0.2) is 30.5 Å². The van der Waals surface area contributed by atoms with E-state index in [2.05, 4.69) is 10.2 Å². The van der Waals surface area contributed by atoms with E-state index in [4.69, 9.17) is 4.74 Å². The zero-order valence-electron chi connectivity index (χ0n) is 17.5. The first-order valence-corrected chi connectivity index (χ1v) is 10.0. The second kappa shape index (κ2) is 9.05. The maximum Gasteiger partial charge on any atom is 0.452 e. The second-order valence-corrected chi connectivity index (χ2v) is 7.22. The minimum Gasteiger partial charge on any atom is -0.466 e. The average Bonchev–Trinajstić information content (AvgIpc) is 3.17. The number of carbonyl (C=O) groups is 1. The highest BCUT2D eigenvalue weighted by Crippen LogP contribution is 2.35.